The number of esters is 1. The van der Waals surface area contributed by atoms with Gasteiger partial charge in [0.05, 0.1) is 11.5 Å². The molecule has 0 amide bonds. The van der Waals surface area contributed by atoms with Gasteiger partial charge in [0.25, 0.3) is 0 Å². The van der Waals surface area contributed by atoms with E-state index in [1.807, 2.05) is 0 Å². The first-order valence-electron chi connectivity index (χ1n) is 11.4. The zero-order valence-corrected chi connectivity index (χ0v) is 18.3. The third-order valence-electron chi connectivity index (χ3n) is 8.97. The van der Waals surface area contributed by atoms with Gasteiger partial charge in [0, 0.05) is 11.8 Å². The lowest BCUT2D eigenvalue weighted by atomic mass is 9.38. The first-order chi connectivity index (χ1) is 12.5. The molecule has 0 aromatic carbocycles. The summed E-state index contributed by atoms with van der Waals surface area (Å²) in [6.45, 7) is 13.2. The Morgan fingerprint density at radius 1 is 1.19 bits per heavy atom. The summed E-state index contributed by atoms with van der Waals surface area (Å²) in [5, 5.41) is 11.6. The van der Waals surface area contributed by atoms with Crippen LogP contribution in [0.25, 0.3) is 0 Å². The molecule has 0 aliphatic heterocycles. The molecule has 0 aromatic heterocycles. The molecule has 0 heterocycles. The summed E-state index contributed by atoms with van der Waals surface area (Å²) in [5.41, 5.74) is -0.891. The van der Waals surface area contributed by atoms with Gasteiger partial charge in [-0.25, -0.2) is 0 Å². The van der Waals surface area contributed by atoms with Crippen molar-refractivity contribution in [3.8, 4) is 0 Å². The zero-order valence-electron chi connectivity index (χ0n) is 18.3. The molecule has 0 radical (unpaired) electrons. The van der Waals surface area contributed by atoms with Crippen LogP contribution in [0, 0.1) is 46.8 Å². The van der Waals surface area contributed by atoms with Gasteiger partial charge in [-0.2, -0.15) is 0 Å². The van der Waals surface area contributed by atoms with Crippen LogP contribution >= 0.6 is 0 Å². The maximum absolute atomic E-state index is 13.5. The Balaban J connectivity index is 1.65. The Morgan fingerprint density at radius 3 is 2.48 bits per heavy atom. The largest absolute Gasteiger partial charge is 0.458 e. The first kappa shape index (κ1) is 19.7. The smallest absolute Gasteiger partial charge is 0.310 e. The standard InChI is InChI=1S/C24H40O3/c1-14(2)10-20(22(4,5)6)21(25)27-24-13-16-11-18(15(24)3)23(26)9-7-8-17(24)19(23)12-16/h14-20,26H,7-13H2,1-6H3. The van der Waals surface area contributed by atoms with E-state index in [1.54, 1.807) is 0 Å². The van der Waals surface area contributed by atoms with Crippen LogP contribution in [0.3, 0.4) is 0 Å². The highest BCUT2D eigenvalue weighted by molar-refractivity contribution is 5.74. The van der Waals surface area contributed by atoms with Crippen molar-refractivity contribution in [1.29, 1.82) is 0 Å². The Kier molecular flexibility index (Phi) is 4.54. The molecule has 0 spiro atoms. The van der Waals surface area contributed by atoms with Crippen molar-refractivity contribution >= 4 is 5.97 Å². The summed E-state index contributed by atoms with van der Waals surface area (Å²) in [4.78, 5) is 13.5. The Morgan fingerprint density at radius 2 is 1.85 bits per heavy atom. The van der Waals surface area contributed by atoms with Crippen molar-refractivity contribution in [2.75, 3.05) is 0 Å². The number of carbonyl (C=O) groups excluding carboxylic acids is 1. The third-order valence-corrected chi connectivity index (χ3v) is 8.97. The maximum atomic E-state index is 13.5. The van der Waals surface area contributed by atoms with Crippen LogP contribution in [0.15, 0.2) is 0 Å². The normalized spacial score (nSPS) is 46.6. The molecule has 1 N–H and O–H groups in total. The summed E-state index contributed by atoms with van der Waals surface area (Å²) >= 11 is 0. The van der Waals surface area contributed by atoms with Gasteiger partial charge in [-0.05, 0) is 67.6 Å². The van der Waals surface area contributed by atoms with Gasteiger partial charge in [-0.3, -0.25) is 4.79 Å². The monoisotopic (exact) mass is 376 g/mol. The fourth-order valence-corrected chi connectivity index (χ4v) is 7.79. The van der Waals surface area contributed by atoms with E-state index in [0.717, 1.165) is 44.9 Å². The third kappa shape index (κ3) is 2.81. The number of carbonyl (C=O) groups is 1. The Labute approximate surface area is 165 Å². The molecule has 6 bridgehead atoms. The van der Waals surface area contributed by atoms with Crippen LogP contribution in [-0.4, -0.2) is 22.3 Å². The van der Waals surface area contributed by atoms with Crippen LogP contribution in [0.4, 0.5) is 0 Å². The lowest BCUT2D eigenvalue weighted by Crippen LogP contribution is -2.74. The number of ether oxygens (including phenoxy) is 1. The summed E-state index contributed by atoms with van der Waals surface area (Å²) in [6, 6.07) is 0. The van der Waals surface area contributed by atoms with Crippen LogP contribution < -0.4 is 0 Å². The number of aliphatic hydroxyl groups is 1. The summed E-state index contributed by atoms with van der Waals surface area (Å²) in [5.74, 6) is 2.40. The highest BCUT2D eigenvalue weighted by Gasteiger charge is 2.72. The van der Waals surface area contributed by atoms with Gasteiger partial charge in [0.1, 0.15) is 5.60 Å². The first-order valence-corrected chi connectivity index (χ1v) is 11.4. The molecule has 5 saturated carbocycles. The van der Waals surface area contributed by atoms with Gasteiger partial charge in [-0.1, -0.05) is 48.0 Å². The van der Waals surface area contributed by atoms with Crippen molar-refractivity contribution in [3.63, 3.8) is 0 Å². The number of hydrogen-bond acceptors (Lipinski definition) is 3. The topological polar surface area (TPSA) is 46.5 Å². The maximum Gasteiger partial charge on any atom is 0.310 e. The van der Waals surface area contributed by atoms with E-state index in [2.05, 4.69) is 41.5 Å². The van der Waals surface area contributed by atoms with Gasteiger partial charge in [-0.15, -0.1) is 0 Å². The quantitative estimate of drug-likeness (QED) is 0.686. The van der Waals surface area contributed by atoms with Crippen molar-refractivity contribution in [1.82, 2.24) is 0 Å². The fourth-order valence-electron chi connectivity index (χ4n) is 7.79. The van der Waals surface area contributed by atoms with Gasteiger partial charge in [0.2, 0.25) is 0 Å². The molecule has 3 heteroatoms. The molecule has 0 saturated heterocycles. The second kappa shape index (κ2) is 6.21. The number of rotatable bonds is 4. The molecule has 8 atom stereocenters. The highest BCUT2D eigenvalue weighted by atomic mass is 16.6. The second-order valence-corrected chi connectivity index (χ2v) is 12.0. The van der Waals surface area contributed by atoms with Crippen LogP contribution in [0.1, 0.15) is 86.5 Å². The fraction of sp³-hybridized carbons (Fsp3) is 0.958. The molecule has 0 aromatic rings. The van der Waals surface area contributed by atoms with E-state index >= 15 is 0 Å². The van der Waals surface area contributed by atoms with Crippen LogP contribution in [0.2, 0.25) is 0 Å². The SMILES string of the molecule is CC(C)CC(C(=O)OC12CC3CC(C1C)C1(O)CCCC2C1C3)C(C)(C)C. The second-order valence-electron chi connectivity index (χ2n) is 12.0. The van der Waals surface area contributed by atoms with E-state index in [4.69, 9.17) is 4.74 Å². The molecule has 154 valence electrons. The van der Waals surface area contributed by atoms with E-state index in [0.29, 0.717) is 29.6 Å². The minimum atomic E-state index is -0.490. The van der Waals surface area contributed by atoms with Gasteiger partial charge < -0.3 is 9.84 Å². The Hall–Kier alpha value is -0.570. The van der Waals surface area contributed by atoms with Crippen LogP contribution in [-0.2, 0) is 9.53 Å². The van der Waals surface area contributed by atoms with Gasteiger partial charge >= 0.3 is 5.97 Å². The molecule has 3 nitrogen and oxygen atoms in total. The number of hydrogen-bond donors (Lipinski definition) is 1. The molecule has 5 rings (SSSR count). The van der Waals surface area contributed by atoms with E-state index in [9.17, 15) is 9.90 Å². The molecular formula is C24H40O3. The van der Waals surface area contributed by atoms with Crippen LogP contribution in [0.5, 0.6) is 0 Å². The van der Waals surface area contributed by atoms with E-state index < -0.39 is 5.60 Å². The van der Waals surface area contributed by atoms with E-state index in [-0.39, 0.29) is 28.8 Å². The predicted molar refractivity (Wildman–Crippen MR) is 107 cm³/mol. The molecule has 5 aliphatic rings. The predicted octanol–water partition coefficient (Wildman–Crippen LogP) is 5.20. The lowest BCUT2D eigenvalue weighted by molar-refractivity contribution is -0.309. The minimum Gasteiger partial charge on any atom is -0.458 e. The molecule has 5 fully saturated rings. The molecule has 27 heavy (non-hydrogen) atoms. The molecule has 8 unspecified atom stereocenters. The summed E-state index contributed by atoms with van der Waals surface area (Å²) in [6.07, 6.45) is 7.36. The van der Waals surface area contributed by atoms with Crippen molar-refractivity contribution in [2.24, 2.45) is 46.8 Å². The van der Waals surface area contributed by atoms with Crippen molar-refractivity contribution in [3.05, 3.63) is 0 Å². The minimum absolute atomic E-state index is 0.0270. The average Bonchev–Trinajstić information content (AvgIpc) is 2.55. The van der Waals surface area contributed by atoms with Crippen molar-refractivity contribution in [2.45, 2.75) is 97.7 Å². The highest BCUT2D eigenvalue weighted by Crippen LogP contribution is 2.69. The molecule has 5 aliphatic carbocycles. The average molecular weight is 377 g/mol. The lowest BCUT2D eigenvalue weighted by Gasteiger charge is -2.71. The van der Waals surface area contributed by atoms with E-state index in [1.165, 1.54) is 0 Å². The van der Waals surface area contributed by atoms with Crippen molar-refractivity contribution < 1.29 is 14.6 Å². The summed E-state index contributed by atoms with van der Waals surface area (Å²) < 4.78 is 6.63. The molecular weight excluding hydrogens is 336 g/mol. The summed E-state index contributed by atoms with van der Waals surface area (Å²) in [7, 11) is 0. The van der Waals surface area contributed by atoms with Gasteiger partial charge in [0.15, 0.2) is 0 Å². The zero-order chi connectivity index (χ0) is 19.8. The Bertz CT molecular complexity index is 595.